The first-order valence-electron chi connectivity index (χ1n) is 7.32. The van der Waals surface area contributed by atoms with Crippen molar-refractivity contribution in [2.45, 2.75) is 32.7 Å². The van der Waals surface area contributed by atoms with Crippen molar-refractivity contribution in [1.29, 1.82) is 0 Å². The second-order valence-electron chi connectivity index (χ2n) is 5.51. The van der Waals surface area contributed by atoms with Crippen molar-refractivity contribution in [3.8, 4) is 0 Å². The number of nitrogens with one attached hydrogen (secondary N) is 2. The Balaban J connectivity index is 1.91. The van der Waals surface area contributed by atoms with E-state index >= 15 is 0 Å². The van der Waals surface area contributed by atoms with E-state index < -0.39 is 11.2 Å². The van der Waals surface area contributed by atoms with E-state index in [4.69, 9.17) is 0 Å². The van der Waals surface area contributed by atoms with Gasteiger partial charge in [-0.05, 0) is 13.8 Å². The maximum absolute atomic E-state index is 11.9. The van der Waals surface area contributed by atoms with Gasteiger partial charge in [0.25, 0.3) is 5.56 Å². The first-order chi connectivity index (χ1) is 10.9. The molecule has 0 saturated heterocycles. The van der Waals surface area contributed by atoms with Crippen LogP contribution in [0.1, 0.15) is 31.3 Å². The molecule has 0 bridgehead atoms. The fraction of sp³-hybridized carbons (Fsp3) is 0.500. The third kappa shape index (κ3) is 3.93. The number of rotatable bonds is 6. The highest BCUT2D eigenvalue weighted by Gasteiger charge is 2.11. The van der Waals surface area contributed by atoms with Gasteiger partial charge in [0.15, 0.2) is 0 Å². The molecule has 1 amide bonds. The maximum atomic E-state index is 11.9. The first kappa shape index (κ1) is 16.7. The largest absolute Gasteiger partial charge is 0.355 e. The number of nitrogens with zero attached hydrogens (tertiary/aromatic N) is 4. The van der Waals surface area contributed by atoms with Gasteiger partial charge >= 0.3 is 5.69 Å². The van der Waals surface area contributed by atoms with E-state index in [1.54, 1.807) is 6.33 Å². The zero-order valence-electron chi connectivity index (χ0n) is 13.4. The summed E-state index contributed by atoms with van der Waals surface area (Å²) in [5.41, 5.74) is -0.731. The summed E-state index contributed by atoms with van der Waals surface area (Å²) >= 11 is 0. The number of carbonyl (C=O) groups excluding carboxylic acids is 1. The number of carbonyl (C=O) groups is 1. The number of aromatic amines is 1. The lowest BCUT2D eigenvalue weighted by Gasteiger charge is -2.10. The van der Waals surface area contributed by atoms with Crippen LogP contribution in [0.15, 0.2) is 22.1 Å². The van der Waals surface area contributed by atoms with Gasteiger partial charge in [-0.2, -0.15) is 0 Å². The lowest BCUT2D eigenvalue weighted by atomic mass is 10.2. The molecule has 0 radical (unpaired) electrons. The Hall–Kier alpha value is -2.71. The van der Waals surface area contributed by atoms with Crippen LogP contribution < -0.4 is 16.6 Å². The molecule has 0 spiro atoms. The Morgan fingerprint density at radius 2 is 2.13 bits per heavy atom. The van der Waals surface area contributed by atoms with E-state index in [0.717, 1.165) is 10.4 Å². The molecule has 2 heterocycles. The molecule has 0 unspecified atom stereocenters. The van der Waals surface area contributed by atoms with Crippen LogP contribution in [-0.4, -0.2) is 36.8 Å². The molecule has 2 rings (SSSR count). The van der Waals surface area contributed by atoms with Crippen molar-refractivity contribution in [2.24, 2.45) is 7.05 Å². The van der Waals surface area contributed by atoms with Crippen LogP contribution in [0, 0.1) is 0 Å². The molecule has 2 N–H and O–H groups in total. The van der Waals surface area contributed by atoms with Gasteiger partial charge < -0.3 is 14.9 Å². The molecule has 2 aromatic rings. The Bertz CT molecular complexity index is 801. The minimum atomic E-state index is -0.507. The summed E-state index contributed by atoms with van der Waals surface area (Å²) in [5, 5.41) is 10.6. The summed E-state index contributed by atoms with van der Waals surface area (Å²) in [6.45, 7) is 4.45. The van der Waals surface area contributed by atoms with Crippen LogP contribution in [0.5, 0.6) is 0 Å². The number of aromatic nitrogens is 5. The third-order valence-electron chi connectivity index (χ3n) is 3.48. The molecule has 0 aromatic carbocycles. The van der Waals surface area contributed by atoms with Gasteiger partial charge in [0, 0.05) is 37.8 Å². The zero-order chi connectivity index (χ0) is 17.0. The fourth-order valence-electron chi connectivity index (χ4n) is 2.17. The second kappa shape index (κ2) is 7.03. The van der Waals surface area contributed by atoms with Gasteiger partial charge in [0.2, 0.25) is 5.91 Å². The van der Waals surface area contributed by atoms with E-state index in [1.807, 2.05) is 18.4 Å². The van der Waals surface area contributed by atoms with Crippen LogP contribution in [0.4, 0.5) is 0 Å². The molecule has 0 aliphatic rings. The van der Waals surface area contributed by atoms with Gasteiger partial charge in [-0.3, -0.25) is 14.2 Å². The molecule has 0 aliphatic carbocycles. The third-order valence-corrected chi connectivity index (χ3v) is 3.48. The van der Waals surface area contributed by atoms with Crippen LogP contribution >= 0.6 is 0 Å². The van der Waals surface area contributed by atoms with E-state index in [2.05, 4.69) is 20.5 Å². The summed E-state index contributed by atoms with van der Waals surface area (Å²) in [7, 11) is 1.36. The number of amides is 1. The van der Waals surface area contributed by atoms with Crippen LogP contribution in [-0.2, 0) is 24.7 Å². The normalized spacial score (nSPS) is 11.0. The van der Waals surface area contributed by atoms with E-state index in [1.165, 1.54) is 13.2 Å². The summed E-state index contributed by atoms with van der Waals surface area (Å²) in [6, 6.07) is 0.250. The molecule has 23 heavy (non-hydrogen) atoms. The van der Waals surface area contributed by atoms with Crippen molar-refractivity contribution in [3.63, 3.8) is 0 Å². The maximum Gasteiger partial charge on any atom is 0.328 e. The lowest BCUT2D eigenvalue weighted by Crippen LogP contribution is -2.37. The minimum absolute atomic E-state index is 0.0830. The number of H-pyrrole nitrogens is 1. The number of hydrogen-bond acceptors (Lipinski definition) is 5. The fourth-order valence-corrected chi connectivity index (χ4v) is 2.17. The summed E-state index contributed by atoms with van der Waals surface area (Å²) in [4.78, 5) is 37.4. The Kier molecular flexibility index (Phi) is 5.09. The molecule has 0 atom stereocenters. The molecule has 2 aromatic heterocycles. The summed E-state index contributed by atoms with van der Waals surface area (Å²) < 4.78 is 2.87. The van der Waals surface area contributed by atoms with Crippen LogP contribution in [0.2, 0.25) is 0 Å². The lowest BCUT2D eigenvalue weighted by molar-refractivity contribution is -0.120. The molecule has 9 nitrogen and oxygen atoms in total. The van der Waals surface area contributed by atoms with E-state index in [-0.39, 0.29) is 23.9 Å². The second-order valence-corrected chi connectivity index (χ2v) is 5.51. The van der Waals surface area contributed by atoms with Crippen molar-refractivity contribution >= 4 is 5.91 Å². The highest BCUT2D eigenvalue weighted by Crippen LogP contribution is 2.06. The van der Waals surface area contributed by atoms with Gasteiger partial charge in [-0.15, -0.1) is 10.2 Å². The Morgan fingerprint density at radius 1 is 1.39 bits per heavy atom. The van der Waals surface area contributed by atoms with E-state index in [0.29, 0.717) is 13.0 Å². The zero-order valence-corrected chi connectivity index (χ0v) is 13.4. The molecule has 9 heteroatoms. The molecular formula is C14H20N6O3. The molecule has 0 aliphatic heterocycles. The summed E-state index contributed by atoms with van der Waals surface area (Å²) in [6.07, 6.45) is 3.40. The topological polar surface area (TPSA) is 115 Å². The minimum Gasteiger partial charge on any atom is -0.355 e. The van der Waals surface area contributed by atoms with Crippen LogP contribution in [0.3, 0.4) is 0 Å². The highest BCUT2D eigenvalue weighted by atomic mass is 16.2. The quantitative estimate of drug-likeness (QED) is 0.719. The van der Waals surface area contributed by atoms with Crippen molar-refractivity contribution in [1.82, 2.24) is 29.6 Å². The molecule has 0 fully saturated rings. The number of hydrogen-bond donors (Lipinski definition) is 2. The smallest absolute Gasteiger partial charge is 0.328 e. The molecule has 0 saturated carbocycles. The monoisotopic (exact) mass is 320 g/mol. The van der Waals surface area contributed by atoms with Gasteiger partial charge in [-0.25, -0.2) is 4.79 Å². The molecular weight excluding hydrogens is 300 g/mol. The average molecular weight is 320 g/mol. The van der Waals surface area contributed by atoms with Crippen molar-refractivity contribution < 1.29 is 4.79 Å². The van der Waals surface area contributed by atoms with Gasteiger partial charge in [0.05, 0.1) is 6.42 Å². The Morgan fingerprint density at radius 3 is 2.83 bits per heavy atom. The van der Waals surface area contributed by atoms with Crippen LogP contribution in [0.25, 0.3) is 0 Å². The van der Waals surface area contributed by atoms with Gasteiger partial charge in [-0.1, -0.05) is 0 Å². The van der Waals surface area contributed by atoms with Gasteiger partial charge in [0.1, 0.15) is 12.2 Å². The van der Waals surface area contributed by atoms with E-state index in [9.17, 15) is 14.4 Å². The average Bonchev–Trinajstić information content (AvgIpc) is 2.97. The standard InChI is InChI=1S/C14H20N6O3/c1-9(2)20-8-17-18-11(20)4-5-15-12(21)6-10-7-16-14(23)19(3)13(10)22/h7-9H,4-6H2,1-3H3,(H,15,21)(H,16,23). The highest BCUT2D eigenvalue weighted by molar-refractivity contribution is 5.78. The SMILES string of the molecule is CC(C)n1cnnc1CCNC(=O)Cc1c[nH]c(=O)n(C)c1=O. The molecule has 124 valence electrons. The Labute approximate surface area is 132 Å². The predicted molar refractivity (Wildman–Crippen MR) is 83.1 cm³/mol. The first-order valence-corrected chi connectivity index (χ1v) is 7.32. The summed E-state index contributed by atoms with van der Waals surface area (Å²) in [5.74, 6) is 0.505. The van der Waals surface area contributed by atoms with Crippen molar-refractivity contribution in [3.05, 3.63) is 44.8 Å². The van der Waals surface area contributed by atoms with Crippen molar-refractivity contribution in [2.75, 3.05) is 6.54 Å². The predicted octanol–water partition coefficient (Wildman–Crippen LogP) is -0.853.